The maximum atomic E-state index is 6.19. The van der Waals surface area contributed by atoms with Crippen LogP contribution < -0.4 is 4.74 Å². The summed E-state index contributed by atoms with van der Waals surface area (Å²) < 4.78 is 11.7. The van der Waals surface area contributed by atoms with E-state index < -0.39 is 0 Å². The molecule has 4 heteroatoms. The fourth-order valence-electron chi connectivity index (χ4n) is 4.11. The Labute approximate surface area is 176 Å². The Kier molecular flexibility index (Phi) is 5.08. The van der Waals surface area contributed by atoms with Crippen molar-refractivity contribution < 1.29 is 9.15 Å². The molecule has 150 valence electrons. The van der Waals surface area contributed by atoms with Crippen molar-refractivity contribution in [3.8, 4) is 17.1 Å². The summed E-state index contributed by atoms with van der Waals surface area (Å²) in [4.78, 5) is 6.69. The molecule has 0 amide bonds. The van der Waals surface area contributed by atoms with Crippen LogP contribution in [-0.4, -0.2) is 30.1 Å². The molecule has 0 aliphatic carbocycles. The van der Waals surface area contributed by atoms with Gasteiger partial charge in [-0.15, -0.1) is 0 Å². The highest BCUT2D eigenvalue weighted by Crippen LogP contribution is 2.36. The molecule has 0 spiro atoms. The number of pyridine rings is 1. The van der Waals surface area contributed by atoms with Gasteiger partial charge in [-0.1, -0.05) is 42.5 Å². The minimum atomic E-state index is 0.758. The number of methoxy groups -OCH3 is 1. The molecule has 30 heavy (non-hydrogen) atoms. The third kappa shape index (κ3) is 3.62. The summed E-state index contributed by atoms with van der Waals surface area (Å²) in [7, 11) is 1.68. The predicted octanol–water partition coefficient (Wildman–Crippen LogP) is 5.79. The van der Waals surface area contributed by atoms with Crippen molar-refractivity contribution in [2.75, 3.05) is 20.2 Å². The normalized spacial score (nSPS) is 14.6. The Hall–Kier alpha value is -3.37. The van der Waals surface area contributed by atoms with Gasteiger partial charge in [0.1, 0.15) is 5.76 Å². The van der Waals surface area contributed by atoms with Crippen molar-refractivity contribution in [3.05, 3.63) is 90.3 Å². The Morgan fingerprint density at radius 1 is 1.03 bits per heavy atom. The molecule has 0 unspecified atom stereocenters. The molecule has 1 aliphatic rings. The molecular weight excluding hydrogens is 372 g/mol. The van der Waals surface area contributed by atoms with Crippen LogP contribution in [0.25, 0.3) is 27.9 Å². The summed E-state index contributed by atoms with van der Waals surface area (Å²) in [5.41, 5.74) is 5.79. The lowest BCUT2D eigenvalue weighted by Gasteiger charge is -2.26. The molecule has 0 radical (unpaired) electrons. The summed E-state index contributed by atoms with van der Waals surface area (Å²) in [6.07, 6.45) is 7.02. The lowest BCUT2D eigenvalue weighted by atomic mass is 9.99. The number of aromatic nitrogens is 1. The summed E-state index contributed by atoms with van der Waals surface area (Å²) in [5, 5.41) is 1.10. The zero-order valence-corrected chi connectivity index (χ0v) is 17.0. The molecule has 0 saturated carbocycles. The molecule has 4 nitrogen and oxygen atoms in total. The maximum absolute atomic E-state index is 6.19. The third-order valence-corrected chi connectivity index (χ3v) is 5.74. The van der Waals surface area contributed by atoms with Crippen LogP contribution in [0, 0.1) is 0 Å². The Morgan fingerprint density at radius 2 is 1.90 bits per heavy atom. The zero-order chi connectivity index (χ0) is 20.3. The number of hydrogen-bond acceptors (Lipinski definition) is 4. The highest BCUT2D eigenvalue weighted by atomic mass is 16.5. The van der Waals surface area contributed by atoms with E-state index in [2.05, 4.69) is 58.4 Å². The first-order valence-electron chi connectivity index (χ1n) is 10.3. The molecule has 3 heterocycles. The van der Waals surface area contributed by atoms with Gasteiger partial charge in [-0.2, -0.15) is 0 Å². The fraction of sp³-hybridized carbons (Fsp3) is 0.192. The van der Waals surface area contributed by atoms with E-state index in [1.807, 2.05) is 24.4 Å². The van der Waals surface area contributed by atoms with Gasteiger partial charge in [0.05, 0.1) is 7.11 Å². The van der Waals surface area contributed by atoms with E-state index >= 15 is 0 Å². The number of furan rings is 1. The highest BCUT2D eigenvalue weighted by molar-refractivity contribution is 5.90. The number of nitrogens with zero attached hydrogens (tertiary/aromatic N) is 2. The SMILES string of the molecule is COc1ccc(CN2CC=C(c3ccccc3)CC2)c2cc(-c3cccnc3)oc12. The smallest absolute Gasteiger partial charge is 0.176 e. The van der Waals surface area contributed by atoms with Crippen molar-refractivity contribution in [1.82, 2.24) is 9.88 Å². The van der Waals surface area contributed by atoms with Crippen LogP contribution in [0.5, 0.6) is 5.75 Å². The van der Waals surface area contributed by atoms with Crippen LogP contribution in [0.3, 0.4) is 0 Å². The third-order valence-electron chi connectivity index (χ3n) is 5.74. The summed E-state index contributed by atoms with van der Waals surface area (Å²) >= 11 is 0. The molecule has 2 aromatic carbocycles. The van der Waals surface area contributed by atoms with Gasteiger partial charge < -0.3 is 9.15 Å². The standard InChI is InChI=1S/C26H24N2O2/c1-29-24-10-9-22(23-16-25(30-26(23)24)21-8-5-13-27-17-21)18-28-14-11-20(12-15-28)19-6-3-2-4-7-19/h2-11,13,16-17H,12,14-15,18H2,1H3. The van der Waals surface area contributed by atoms with E-state index in [0.29, 0.717) is 0 Å². The molecule has 5 rings (SSSR count). The first kappa shape index (κ1) is 18.6. The fourth-order valence-corrected chi connectivity index (χ4v) is 4.11. The minimum Gasteiger partial charge on any atom is -0.493 e. The van der Waals surface area contributed by atoms with Crippen molar-refractivity contribution in [2.24, 2.45) is 0 Å². The van der Waals surface area contributed by atoms with E-state index in [4.69, 9.17) is 9.15 Å². The van der Waals surface area contributed by atoms with Crippen molar-refractivity contribution in [3.63, 3.8) is 0 Å². The second-order valence-corrected chi connectivity index (χ2v) is 7.60. The predicted molar refractivity (Wildman–Crippen MR) is 120 cm³/mol. The van der Waals surface area contributed by atoms with Crippen molar-refractivity contribution >= 4 is 16.5 Å². The summed E-state index contributed by atoms with van der Waals surface area (Å²) in [5.74, 6) is 1.57. The molecule has 0 saturated heterocycles. The number of benzene rings is 2. The van der Waals surface area contributed by atoms with E-state index in [9.17, 15) is 0 Å². The average molecular weight is 396 g/mol. The average Bonchev–Trinajstić information content (AvgIpc) is 3.27. The summed E-state index contributed by atoms with van der Waals surface area (Å²) in [6, 6.07) is 20.9. The highest BCUT2D eigenvalue weighted by Gasteiger charge is 2.18. The first-order valence-corrected chi connectivity index (χ1v) is 10.3. The maximum Gasteiger partial charge on any atom is 0.176 e. The van der Waals surface area contributed by atoms with Gasteiger partial charge in [-0.3, -0.25) is 9.88 Å². The molecule has 1 aliphatic heterocycles. The Morgan fingerprint density at radius 3 is 2.63 bits per heavy atom. The van der Waals surface area contributed by atoms with Gasteiger partial charge in [0.2, 0.25) is 0 Å². The van der Waals surface area contributed by atoms with Crippen molar-refractivity contribution in [2.45, 2.75) is 13.0 Å². The topological polar surface area (TPSA) is 38.5 Å². The second kappa shape index (κ2) is 8.17. The largest absolute Gasteiger partial charge is 0.493 e. The van der Waals surface area contributed by atoms with E-state index in [1.54, 1.807) is 13.3 Å². The van der Waals surface area contributed by atoms with Gasteiger partial charge in [-0.05, 0) is 47.4 Å². The zero-order valence-electron chi connectivity index (χ0n) is 17.0. The molecule has 2 aromatic heterocycles. The molecular formula is C26H24N2O2. The van der Waals surface area contributed by atoms with E-state index in [-0.39, 0.29) is 0 Å². The number of rotatable bonds is 5. The van der Waals surface area contributed by atoms with Crippen LogP contribution >= 0.6 is 0 Å². The van der Waals surface area contributed by atoms with Crippen LogP contribution in [0.2, 0.25) is 0 Å². The van der Waals surface area contributed by atoms with Gasteiger partial charge >= 0.3 is 0 Å². The second-order valence-electron chi connectivity index (χ2n) is 7.60. The quantitative estimate of drug-likeness (QED) is 0.428. The van der Waals surface area contributed by atoms with E-state index in [0.717, 1.165) is 54.1 Å². The number of hydrogen-bond donors (Lipinski definition) is 0. The first-order chi connectivity index (χ1) is 14.8. The molecule has 0 fully saturated rings. The lowest BCUT2D eigenvalue weighted by molar-refractivity contribution is 0.295. The molecule has 4 aromatic rings. The number of fused-ring (bicyclic) bond motifs is 1. The lowest BCUT2D eigenvalue weighted by Crippen LogP contribution is -2.28. The van der Waals surface area contributed by atoms with Crippen LogP contribution in [0.4, 0.5) is 0 Å². The van der Waals surface area contributed by atoms with Crippen LogP contribution in [-0.2, 0) is 6.54 Å². The van der Waals surface area contributed by atoms with Gasteiger partial charge in [0, 0.05) is 43.0 Å². The molecule has 0 atom stereocenters. The minimum absolute atomic E-state index is 0.758. The van der Waals surface area contributed by atoms with Crippen molar-refractivity contribution in [1.29, 1.82) is 0 Å². The van der Waals surface area contributed by atoms with Gasteiger partial charge in [0.15, 0.2) is 11.3 Å². The van der Waals surface area contributed by atoms with Gasteiger partial charge in [0.25, 0.3) is 0 Å². The molecule has 0 N–H and O–H groups in total. The molecule has 0 bridgehead atoms. The Balaban J connectivity index is 1.42. The number of ether oxygens (including phenoxy) is 1. The van der Waals surface area contributed by atoms with Crippen LogP contribution in [0.15, 0.2) is 83.6 Å². The summed E-state index contributed by atoms with van der Waals surface area (Å²) in [6.45, 7) is 2.87. The van der Waals surface area contributed by atoms with Crippen LogP contribution in [0.1, 0.15) is 17.5 Å². The monoisotopic (exact) mass is 396 g/mol. The Bertz CT molecular complexity index is 1180. The van der Waals surface area contributed by atoms with Gasteiger partial charge in [-0.25, -0.2) is 0 Å². The van der Waals surface area contributed by atoms with E-state index in [1.165, 1.54) is 16.7 Å².